The summed E-state index contributed by atoms with van der Waals surface area (Å²) in [5, 5.41) is 15.0. The first kappa shape index (κ1) is 21.1. The summed E-state index contributed by atoms with van der Waals surface area (Å²) in [6, 6.07) is 17.7. The summed E-state index contributed by atoms with van der Waals surface area (Å²) in [6.07, 6.45) is 0. The molecule has 4 nitrogen and oxygen atoms in total. The molecule has 0 aliphatic heterocycles. The van der Waals surface area contributed by atoms with Crippen molar-refractivity contribution in [3.8, 4) is 0 Å². The quantitative estimate of drug-likeness (QED) is 0.731. The second kappa shape index (κ2) is 8.24. The maximum Gasteiger partial charge on any atom is 0.237 e. The van der Waals surface area contributed by atoms with Crippen molar-refractivity contribution in [2.24, 2.45) is 17.1 Å². The highest BCUT2D eigenvalue weighted by Gasteiger charge is 2.43. The summed E-state index contributed by atoms with van der Waals surface area (Å²) in [4.78, 5) is 12.9. The summed E-state index contributed by atoms with van der Waals surface area (Å²) in [7, 11) is 0. The molecule has 2 aromatic rings. The number of carbonyl (C=O) groups excluding carboxylic acids is 1. The molecule has 2 rings (SSSR count). The summed E-state index contributed by atoms with van der Waals surface area (Å²) < 4.78 is 0. The molecule has 146 valence electrons. The molecule has 0 spiro atoms. The normalized spacial score (nSPS) is 14.7. The van der Waals surface area contributed by atoms with E-state index < -0.39 is 17.7 Å². The molecular formula is C23H32N2O2. The van der Waals surface area contributed by atoms with Crippen molar-refractivity contribution in [1.82, 2.24) is 5.32 Å². The van der Waals surface area contributed by atoms with Gasteiger partial charge in [-0.05, 0) is 22.5 Å². The van der Waals surface area contributed by atoms with Gasteiger partial charge in [0.25, 0.3) is 0 Å². The highest BCUT2D eigenvalue weighted by atomic mass is 16.3. The van der Waals surface area contributed by atoms with E-state index in [2.05, 4.69) is 5.32 Å². The average molecular weight is 369 g/mol. The Kier molecular flexibility index (Phi) is 6.45. The van der Waals surface area contributed by atoms with Gasteiger partial charge >= 0.3 is 0 Å². The van der Waals surface area contributed by atoms with E-state index in [-0.39, 0.29) is 17.2 Å². The Morgan fingerprint density at radius 1 is 0.926 bits per heavy atom. The van der Waals surface area contributed by atoms with Gasteiger partial charge in [0.2, 0.25) is 5.91 Å². The molecule has 0 aromatic heterocycles. The maximum absolute atomic E-state index is 12.9. The van der Waals surface area contributed by atoms with Crippen molar-refractivity contribution in [3.63, 3.8) is 0 Å². The highest BCUT2D eigenvalue weighted by molar-refractivity contribution is 5.82. The minimum Gasteiger partial charge on any atom is -0.378 e. The molecule has 0 saturated heterocycles. The zero-order valence-corrected chi connectivity index (χ0v) is 16.9. The van der Waals surface area contributed by atoms with E-state index in [0.29, 0.717) is 0 Å². The highest BCUT2D eigenvalue weighted by Crippen LogP contribution is 2.36. The number of amides is 1. The fraction of sp³-hybridized carbons (Fsp3) is 0.435. The number of hydrogen-bond acceptors (Lipinski definition) is 3. The van der Waals surface area contributed by atoms with E-state index >= 15 is 0 Å². The maximum atomic E-state index is 12.9. The van der Waals surface area contributed by atoms with Crippen LogP contribution in [0.5, 0.6) is 0 Å². The first-order valence-electron chi connectivity index (χ1n) is 9.48. The molecule has 1 amide bonds. The average Bonchev–Trinajstić information content (AvgIpc) is 2.65. The molecule has 4 heteroatoms. The monoisotopic (exact) mass is 368 g/mol. The molecule has 0 bridgehead atoms. The molecule has 2 atom stereocenters. The lowest BCUT2D eigenvalue weighted by Gasteiger charge is -2.41. The first-order chi connectivity index (χ1) is 12.6. The molecule has 0 fully saturated rings. The van der Waals surface area contributed by atoms with Crippen LogP contribution < -0.4 is 11.1 Å². The third kappa shape index (κ3) is 4.57. The number of aliphatic hydroxyl groups is 1. The minimum absolute atomic E-state index is 0.0217. The SMILES string of the molecule is CC(C)[C@@H](NC(=O)[C@@H](N)C(C)(C)C)C(O)(c1ccccc1)c1ccccc1. The van der Waals surface area contributed by atoms with Crippen molar-refractivity contribution in [3.05, 3.63) is 71.8 Å². The van der Waals surface area contributed by atoms with Crippen LogP contribution in [0.2, 0.25) is 0 Å². The smallest absolute Gasteiger partial charge is 0.237 e. The number of hydrogen-bond donors (Lipinski definition) is 3. The number of nitrogens with two attached hydrogens (primary N) is 1. The lowest BCUT2D eigenvalue weighted by molar-refractivity contribution is -0.128. The Morgan fingerprint density at radius 3 is 1.67 bits per heavy atom. The molecule has 0 aliphatic rings. The molecule has 0 aliphatic carbocycles. The van der Waals surface area contributed by atoms with Gasteiger partial charge in [0.15, 0.2) is 0 Å². The molecule has 2 aromatic carbocycles. The van der Waals surface area contributed by atoms with Crippen LogP contribution in [0.1, 0.15) is 45.7 Å². The zero-order chi connectivity index (χ0) is 20.2. The Hall–Kier alpha value is -2.17. The van der Waals surface area contributed by atoms with Gasteiger partial charge in [-0.2, -0.15) is 0 Å². The van der Waals surface area contributed by atoms with Crippen LogP contribution in [-0.4, -0.2) is 23.1 Å². The zero-order valence-electron chi connectivity index (χ0n) is 16.9. The van der Waals surface area contributed by atoms with Crippen LogP contribution in [0.4, 0.5) is 0 Å². The van der Waals surface area contributed by atoms with Gasteiger partial charge in [-0.3, -0.25) is 4.79 Å². The van der Waals surface area contributed by atoms with E-state index in [1.54, 1.807) is 0 Å². The summed E-state index contributed by atoms with van der Waals surface area (Å²) in [6.45, 7) is 9.78. The van der Waals surface area contributed by atoms with Crippen LogP contribution in [-0.2, 0) is 10.4 Å². The molecule has 0 saturated carbocycles. The third-order valence-electron chi connectivity index (χ3n) is 5.06. The van der Waals surface area contributed by atoms with Crippen molar-refractivity contribution >= 4 is 5.91 Å². The predicted molar refractivity (Wildman–Crippen MR) is 110 cm³/mol. The molecule has 0 unspecified atom stereocenters. The van der Waals surface area contributed by atoms with Crippen LogP contribution in [0.25, 0.3) is 0 Å². The van der Waals surface area contributed by atoms with Crippen LogP contribution >= 0.6 is 0 Å². The molecule has 4 N–H and O–H groups in total. The standard InChI is InChI=1S/C23H32N2O2/c1-16(2)20(25-21(26)19(24)22(3,4)5)23(27,17-12-8-6-9-13-17)18-14-10-7-11-15-18/h6-16,19-20,27H,24H2,1-5H3,(H,25,26)/t19-,20-/m1/s1. The van der Waals surface area contributed by atoms with E-state index in [4.69, 9.17) is 5.73 Å². The fourth-order valence-corrected chi connectivity index (χ4v) is 3.30. The lowest BCUT2D eigenvalue weighted by Crippen LogP contribution is -2.59. The van der Waals surface area contributed by atoms with Gasteiger partial charge in [-0.15, -0.1) is 0 Å². The van der Waals surface area contributed by atoms with Gasteiger partial charge in [0, 0.05) is 0 Å². The van der Waals surface area contributed by atoms with E-state index in [1.165, 1.54) is 0 Å². The number of benzene rings is 2. The van der Waals surface area contributed by atoms with Gasteiger partial charge < -0.3 is 16.2 Å². The molecule has 27 heavy (non-hydrogen) atoms. The summed E-state index contributed by atoms with van der Waals surface area (Å²) >= 11 is 0. The van der Waals surface area contributed by atoms with Gasteiger partial charge in [-0.25, -0.2) is 0 Å². The Labute approximate surface area is 162 Å². The van der Waals surface area contributed by atoms with Crippen LogP contribution in [0.3, 0.4) is 0 Å². The first-order valence-corrected chi connectivity index (χ1v) is 9.48. The number of rotatable bonds is 6. The van der Waals surface area contributed by atoms with Crippen molar-refractivity contribution in [2.45, 2.75) is 52.3 Å². The van der Waals surface area contributed by atoms with Gasteiger partial charge in [-0.1, -0.05) is 95.3 Å². The molecule has 0 heterocycles. The Morgan fingerprint density at radius 2 is 1.33 bits per heavy atom. The predicted octanol–water partition coefficient (Wildman–Crippen LogP) is 3.44. The van der Waals surface area contributed by atoms with E-state index in [0.717, 1.165) is 11.1 Å². The van der Waals surface area contributed by atoms with Crippen LogP contribution in [0.15, 0.2) is 60.7 Å². The van der Waals surface area contributed by atoms with E-state index in [1.807, 2.05) is 95.3 Å². The molecule has 0 radical (unpaired) electrons. The Balaban J connectivity index is 2.53. The van der Waals surface area contributed by atoms with E-state index in [9.17, 15) is 9.90 Å². The minimum atomic E-state index is -1.37. The fourth-order valence-electron chi connectivity index (χ4n) is 3.30. The van der Waals surface area contributed by atoms with Crippen molar-refractivity contribution in [2.75, 3.05) is 0 Å². The second-order valence-corrected chi connectivity index (χ2v) is 8.57. The van der Waals surface area contributed by atoms with Crippen molar-refractivity contribution < 1.29 is 9.90 Å². The summed E-state index contributed by atoms with van der Waals surface area (Å²) in [5.74, 6) is -0.280. The Bertz CT molecular complexity index is 696. The second-order valence-electron chi connectivity index (χ2n) is 8.57. The third-order valence-corrected chi connectivity index (χ3v) is 5.06. The van der Waals surface area contributed by atoms with Gasteiger partial charge in [0.1, 0.15) is 5.60 Å². The molecular weight excluding hydrogens is 336 g/mol. The number of nitrogens with one attached hydrogen (secondary N) is 1. The number of carbonyl (C=O) groups is 1. The van der Waals surface area contributed by atoms with Crippen LogP contribution in [0, 0.1) is 11.3 Å². The lowest BCUT2D eigenvalue weighted by atomic mass is 9.75. The van der Waals surface area contributed by atoms with Gasteiger partial charge in [0.05, 0.1) is 12.1 Å². The summed E-state index contributed by atoms with van der Waals surface area (Å²) in [5.41, 5.74) is 5.90. The largest absolute Gasteiger partial charge is 0.378 e. The topological polar surface area (TPSA) is 75.4 Å². The van der Waals surface area contributed by atoms with Crippen molar-refractivity contribution in [1.29, 1.82) is 0 Å².